The van der Waals surface area contributed by atoms with Crippen LogP contribution >= 0.6 is 0 Å². The molecular formula is C11H13N5O4. The predicted octanol–water partition coefficient (Wildman–Crippen LogP) is 1.06. The second kappa shape index (κ2) is 5.51. The van der Waals surface area contributed by atoms with E-state index in [-0.39, 0.29) is 17.8 Å². The molecule has 0 saturated heterocycles. The van der Waals surface area contributed by atoms with Gasteiger partial charge < -0.3 is 5.11 Å². The number of nitrogens with zero attached hydrogens (tertiary/aromatic N) is 5. The third-order valence-corrected chi connectivity index (χ3v) is 2.70. The smallest absolute Gasteiger partial charge is 0.315 e. The Balaban J connectivity index is 2.24. The van der Waals surface area contributed by atoms with Gasteiger partial charge in [0.2, 0.25) is 0 Å². The average Bonchev–Trinajstić information content (AvgIpc) is 2.94. The molecule has 0 atom stereocenters. The first kappa shape index (κ1) is 13.7. The minimum absolute atomic E-state index is 0.00408. The van der Waals surface area contributed by atoms with Gasteiger partial charge in [0, 0.05) is 31.8 Å². The number of carbonyl (C=O) groups is 1. The maximum atomic E-state index is 11.0. The van der Waals surface area contributed by atoms with Crippen LogP contribution in [0, 0.1) is 10.1 Å². The highest BCUT2D eigenvalue weighted by atomic mass is 16.6. The molecule has 9 nitrogen and oxygen atoms in total. The summed E-state index contributed by atoms with van der Waals surface area (Å²) in [6.45, 7) is 0.313. The topological polar surface area (TPSA) is 116 Å². The van der Waals surface area contributed by atoms with E-state index in [2.05, 4.69) is 10.2 Å². The highest BCUT2D eigenvalue weighted by Gasteiger charge is 2.21. The number of nitro groups is 1. The minimum atomic E-state index is -0.904. The normalized spacial score (nSPS) is 10.7. The lowest BCUT2D eigenvalue weighted by Gasteiger charge is -1.97. The molecule has 2 heterocycles. The fourth-order valence-electron chi connectivity index (χ4n) is 1.80. The summed E-state index contributed by atoms with van der Waals surface area (Å²) < 4.78 is 2.92. The van der Waals surface area contributed by atoms with Crippen molar-refractivity contribution < 1.29 is 14.8 Å². The van der Waals surface area contributed by atoms with Gasteiger partial charge in [-0.2, -0.15) is 10.2 Å². The van der Waals surface area contributed by atoms with E-state index in [0.29, 0.717) is 18.5 Å². The molecule has 0 saturated carbocycles. The maximum Gasteiger partial charge on any atom is 0.315 e. The number of aliphatic carboxylic acids is 1. The molecule has 106 valence electrons. The van der Waals surface area contributed by atoms with Gasteiger partial charge in [0.25, 0.3) is 0 Å². The van der Waals surface area contributed by atoms with Crippen molar-refractivity contribution in [2.24, 2.45) is 7.05 Å². The zero-order valence-corrected chi connectivity index (χ0v) is 10.8. The van der Waals surface area contributed by atoms with Crippen LogP contribution in [-0.4, -0.2) is 35.6 Å². The second-order valence-corrected chi connectivity index (χ2v) is 4.28. The molecule has 0 aliphatic rings. The standard InChI is InChI=1S/C11H13N5O4/c1-14-6-8(5-12-14)11-9(16(19)20)7-15(13-11)4-2-3-10(17)18/h5-7H,2-4H2,1H3,(H,17,18). The van der Waals surface area contributed by atoms with Gasteiger partial charge in [0.05, 0.1) is 11.1 Å². The first-order valence-corrected chi connectivity index (χ1v) is 5.90. The molecule has 2 rings (SSSR count). The molecule has 0 aliphatic carbocycles. The molecule has 2 aromatic heterocycles. The molecule has 9 heteroatoms. The first-order valence-electron chi connectivity index (χ1n) is 5.90. The third-order valence-electron chi connectivity index (χ3n) is 2.70. The number of rotatable bonds is 6. The molecule has 0 bridgehead atoms. The zero-order chi connectivity index (χ0) is 14.7. The fourth-order valence-corrected chi connectivity index (χ4v) is 1.80. The molecule has 0 amide bonds. The van der Waals surface area contributed by atoms with Crippen LogP contribution in [0.25, 0.3) is 11.3 Å². The van der Waals surface area contributed by atoms with Gasteiger partial charge in [0.1, 0.15) is 6.20 Å². The Morgan fingerprint density at radius 3 is 2.80 bits per heavy atom. The highest BCUT2D eigenvalue weighted by Crippen LogP contribution is 2.27. The van der Waals surface area contributed by atoms with Crippen molar-refractivity contribution in [1.29, 1.82) is 0 Å². The number of carboxylic acids is 1. The Kier molecular flexibility index (Phi) is 3.78. The molecule has 0 radical (unpaired) electrons. The zero-order valence-electron chi connectivity index (χ0n) is 10.8. The average molecular weight is 279 g/mol. The van der Waals surface area contributed by atoms with Crippen LogP contribution in [0.1, 0.15) is 12.8 Å². The van der Waals surface area contributed by atoms with E-state index in [1.165, 1.54) is 21.8 Å². The summed E-state index contributed by atoms with van der Waals surface area (Å²) in [4.78, 5) is 21.0. The Hall–Kier alpha value is -2.71. The number of aryl methyl sites for hydroxylation is 2. The fraction of sp³-hybridized carbons (Fsp3) is 0.364. The number of carboxylic acid groups (broad SMARTS) is 1. The lowest BCUT2D eigenvalue weighted by Crippen LogP contribution is -2.02. The van der Waals surface area contributed by atoms with Crippen molar-refractivity contribution in [3.8, 4) is 11.3 Å². The van der Waals surface area contributed by atoms with Gasteiger partial charge in [-0.25, -0.2) is 0 Å². The number of hydrogen-bond donors (Lipinski definition) is 1. The molecule has 1 N–H and O–H groups in total. The van der Waals surface area contributed by atoms with Gasteiger partial charge >= 0.3 is 11.7 Å². The summed E-state index contributed by atoms with van der Waals surface area (Å²) in [6.07, 6.45) is 4.80. The summed E-state index contributed by atoms with van der Waals surface area (Å²) in [5.74, 6) is -0.904. The lowest BCUT2D eigenvalue weighted by molar-refractivity contribution is -0.384. The quantitative estimate of drug-likeness (QED) is 0.624. The molecule has 0 unspecified atom stereocenters. The van der Waals surface area contributed by atoms with Gasteiger partial charge in [-0.3, -0.25) is 24.3 Å². The molecule has 0 aromatic carbocycles. The van der Waals surface area contributed by atoms with Crippen LogP contribution < -0.4 is 0 Å². The molecular weight excluding hydrogens is 266 g/mol. The van der Waals surface area contributed by atoms with Crippen LogP contribution in [-0.2, 0) is 18.4 Å². The Morgan fingerprint density at radius 2 is 2.25 bits per heavy atom. The monoisotopic (exact) mass is 279 g/mol. The molecule has 2 aromatic rings. The first-order chi connectivity index (χ1) is 9.47. The Morgan fingerprint density at radius 1 is 1.50 bits per heavy atom. The van der Waals surface area contributed by atoms with Crippen molar-refractivity contribution in [2.75, 3.05) is 0 Å². The highest BCUT2D eigenvalue weighted by molar-refractivity contribution is 5.68. The summed E-state index contributed by atoms with van der Waals surface area (Å²) >= 11 is 0. The minimum Gasteiger partial charge on any atom is -0.481 e. The van der Waals surface area contributed by atoms with Gasteiger partial charge in [-0.15, -0.1) is 0 Å². The van der Waals surface area contributed by atoms with Gasteiger partial charge in [0.15, 0.2) is 5.69 Å². The summed E-state index contributed by atoms with van der Waals surface area (Å²) in [5.41, 5.74) is 0.669. The van der Waals surface area contributed by atoms with Crippen molar-refractivity contribution in [1.82, 2.24) is 19.6 Å². The Labute approximate surface area is 113 Å². The van der Waals surface area contributed by atoms with Crippen molar-refractivity contribution in [3.63, 3.8) is 0 Å². The van der Waals surface area contributed by atoms with Crippen molar-refractivity contribution >= 4 is 11.7 Å². The van der Waals surface area contributed by atoms with E-state index in [1.54, 1.807) is 13.2 Å². The van der Waals surface area contributed by atoms with E-state index in [9.17, 15) is 14.9 Å². The number of aromatic nitrogens is 4. The lowest BCUT2D eigenvalue weighted by atomic mass is 10.2. The largest absolute Gasteiger partial charge is 0.481 e. The summed E-state index contributed by atoms with van der Waals surface area (Å²) in [6, 6.07) is 0. The van der Waals surface area contributed by atoms with Crippen LogP contribution in [0.2, 0.25) is 0 Å². The van der Waals surface area contributed by atoms with Crippen LogP contribution in [0.15, 0.2) is 18.6 Å². The van der Waals surface area contributed by atoms with E-state index >= 15 is 0 Å². The molecule has 20 heavy (non-hydrogen) atoms. The van der Waals surface area contributed by atoms with Crippen molar-refractivity contribution in [2.45, 2.75) is 19.4 Å². The molecule has 0 fully saturated rings. The second-order valence-electron chi connectivity index (χ2n) is 4.28. The summed E-state index contributed by atoms with van der Waals surface area (Å²) in [5, 5.41) is 27.7. The van der Waals surface area contributed by atoms with Gasteiger partial charge in [-0.05, 0) is 6.42 Å². The SMILES string of the molecule is Cn1cc(-c2nn(CCCC(=O)O)cc2[N+](=O)[O-])cn1. The van der Waals surface area contributed by atoms with Crippen LogP contribution in [0.4, 0.5) is 5.69 Å². The van der Waals surface area contributed by atoms with Gasteiger partial charge in [-0.1, -0.05) is 0 Å². The number of hydrogen-bond acceptors (Lipinski definition) is 5. The van der Waals surface area contributed by atoms with Crippen LogP contribution in [0.3, 0.4) is 0 Å². The van der Waals surface area contributed by atoms with Crippen molar-refractivity contribution in [3.05, 3.63) is 28.7 Å². The summed E-state index contributed by atoms with van der Waals surface area (Å²) in [7, 11) is 1.71. The predicted molar refractivity (Wildman–Crippen MR) is 68.0 cm³/mol. The van der Waals surface area contributed by atoms with Crippen LogP contribution in [0.5, 0.6) is 0 Å². The Bertz CT molecular complexity index is 645. The molecule has 0 spiro atoms. The van der Waals surface area contributed by atoms with E-state index in [4.69, 9.17) is 5.11 Å². The maximum absolute atomic E-state index is 11.0. The third kappa shape index (κ3) is 2.99. The van der Waals surface area contributed by atoms with E-state index in [1.807, 2.05) is 0 Å². The molecule has 0 aliphatic heterocycles. The van der Waals surface area contributed by atoms with E-state index in [0.717, 1.165) is 0 Å². The van der Waals surface area contributed by atoms with E-state index < -0.39 is 10.9 Å².